The second kappa shape index (κ2) is 4.15. The van der Waals surface area contributed by atoms with Gasteiger partial charge in [-0.2, -0.15) is 0 Å². The average Bonchev–Trinajstić information content (AvgIpc) is 2.52. The topological polar surface area (TPSA) is 0 Å². The zero-order chi connectivity index (χ0) is 11.0. The van der Waals surface area contributed by atoms with E-state index in [1.165, 1.54) is 31.3 Å². The van der Waals surface area contributed by atoms with Crippen LogP contribution in [0, 0.1) is 17.8 Å². The van der Waals surface area contributed by atoms with Gasteiger partial charge in [-0.1, -0.05) is 24.1 Å². The molecule has 0 spiro atoms. The Morgan fingerprint density at radius 3 is 2.60 bits per heavy atom. The lowest BCUT2D eigenvalue weighted by Crippen LogP contribution is -2.20. The summed E-state index contributed by atoms with van der Waals surface area (Å²) in [5.74, 6) is 2.84. The summed E-state index contributed by atoms with van der Waals surface area (Å²) in [4.78, 5) is 0. The van der Waals surface area contributed by atoms with Gasteiger partial charge in [0.25, 0.3) is 0 Å². The molecule has 0 heterocycles. The second-order valence-electron chi connectivity index (χ2n) is 5.82. The van der Waals surface area contributed by atoms with E-state index < -0.39 is 0 Å². The van der Waals surface area contributed by atoms with Gasteiger partial charge in [0, 0.05) is 0 Å². The predicted octanol–water partition coefficient (Wildman–Crippen LogP) is 4.73. The standard InChI is InChI=1S/C15H24/c1-10(2)9-15-12(4)5-7-13-11(3)6-8-14(13)15/h9,11,13-14H,5-8H2,1-4H3/t11-,13?,14?/m0/s1. The zero-order valence-electron chi connectivity index (χ0n) is 10.6. The van der Waals surface area contributed by atoms with Crippen molar-refractivity contribution < 1.29 is 0 Å². The van der Waals surface area contributed by atoms with Crippen molar-refractivity contribution in [2.75, 3.05) is 0 Å². The Bertz CT molecular complexity index is 302. The predicted molar refractivity (Wildman–Crippen MR) is 66.7 cm³/mol. The molecule has 0 radical (unpaired) electrons. The Morgan fingerprint density at radius 2 is 1.93 bits per heavy atom. The van der Waals surface area contributed by atoms with Crippen LogP contribution in [0.15, 0.2) is 22.8 Å². The number of fused-ring (bicyclic) bond motifs is 1. The van der Waals surface area contributed by atoms with Gasteiger partial charge in [0.1, 0.15) is 0 Å². The van der Waals surface area contributed by atoms with Crippen LogP contribution < -0.4 is 0 Å². The third kappa shape index (κ3) is 2.04. The minimum atomic E-state index is 0.892. The Hall–Kier alpha value is -0.520. The lowest BCUT2D eigenvalue weighted by atomic mass is 9.74. The van der Waals surface area contributed by atoms with Gasteiger partial charge in [-0.05, 0) is 69.8 Å². The highest BCUT2D eigenvalue weighted by atomic mass is 14.4. The highest BCUT2D eigenvalue weighted by Gasteiger charge is 2.37. The molecule has 0 saturated heterocycles. The lowest BCUT2D eigenvalue weighted by Gasteiger charge is -2.31. The minimum absolute atomic E-state index is 0.892. The molecule has 0 aromatic rings. The fourth-order valence-electron chi connectivity index (χ4n) is 3.52. The van der Waals surface area contributed by atoms with E-state index in [1.54, 1.807) is 11.1 Å². The van der Waals surface area contributed by atoms with Gasteiger partial charge in [0.15, 0.2) is 0 Å². The van der Waals surface area contributed by atoms with Crippen molar-refractivity contribution in [1.29, 1.82) is 0 Å². The van der Waals surface area contributed by atoms with Crippen LogP contribution in [-0.2, 0) is 0 Å². The van der Waals surface area contributed by atoms with Crippen LogP contribution >= 0.6 is 0 Å². The van der Waals surface area contributed by atoms with Crippen molar-refractivity contribution in [1.82, 2.24) is 0 Å². The summed E-state index contributed by atoms with van der Waals surface area (Å²) in [5, 5.41) is 0. The van der Waals surface area contributed by atoms with Crippen molar-refractivity contribution in [3.63, 3.8) is 0 Å². The number of hydrogen-bond donors (Lipinski definition) is 0. The maximum atomic E-state index is 2.45. The van der Waals surface area contributed by atoms with E-state index in [1.807, 2.05) is 0 Å². The summed E-state index contributed by atoms with van der Waals surface area (Å²) in [6.45, 7) is 9.24. The monoisotopic (exact) mass is 204 g/mol. The van der Waals surface area contributed by atoms with Crippen LogP contribution in [0.1, 0.15) is 53.4 Å². The largest absolute Gasteiger partial charge is 0.0762 e. The van der Waals surface area contributed by atoms with Crippen molar-refractivity contribution >= 4 is 0 Å². The normalized spacial score (nSPS) is 35.3. The molecule has 15 heavy (non-hydrogen) atoms. The summed E-state index contributed by atoms with van der Waals surface area (Å²) in [7, 11) is 0. The molecule has 1 fully saturated rings. The smallest absolute Gasteiger partial charge is 0.0131 e. The van der Waals surface area contributed by atoms with Crippen molar-refractivity contribution in [3.8, 4) is 0 Å². The second-order valence-corrected chi connectivity index (χ2v) is 5.82. The molecule has 3 atom stereocenters. The molecule has 0 aromatic carbocycles. The quantitative estimate of drug-likeness (QED) is 0.579. The Morgan fingerprint density at radius 1 is 1.20 bits per heavy atom. The molecule has 0 aromatic heterocycles. The summed E-state index contributed by atoms with van der Waals surface area (Å²) in [5.41, 5.74) is 4.81. The molecule has 2 aliphatic carbocycles. The van der Waals surface area contributed by atoms with E-state index in [4.69, 9.17) is 0 Å². The van der Waals surface area contributed by atoms with Gasteiger partial charge in [0.05, 0.1) is 0 Å². The van der Waals surface area contributed by atoms with Crippen molar-refractivity contribution in [3.05, 3.63) is 22.8 Å². The first-order valence-electron chi connectivity index (χ1n) is 6.44. The van der Waals surface area contributed by atoms with Crippen LogP contribution in [0.2, 0.25) is 0 Å². The Labute approximate surface area is 94.5 Å². The fraction of sp³-hybridized carbons (Fsp3) is 0.733. The molecule has 0 amide bonds. The third-order valence-electron chi connectivity index (χ3n) is 4.37. The molecule has 0 heteroatoms. The maximum absolute atomic E-state index is 2.45. The molecule has 0 aliphatic heterocycles. The molecule has 0 bridgehead atoms. The Kier molecular flexibility index (Phi) is 3.04. The molecule has 2 rings (SSSR count). The summed E-state index contributed by atoms with van der Waals surface area (Å²) in [6.07, 6.45) is 8.11. The molecular weight excluding hydrogens is 180 g/mol. The van der Waals surface area contributed by atoms with Gasteiger partial charge in [-0.15, -0.1) is 0 Å². The van der Waals surface area contributed by atoms with E-state index in [0.717, 1.165) is 17.8 Å². The van der Waals surface area contributed by atoms with E-state index >= 15 is 0 Å². The molecular formula is C15H24. The molecule has 2 aliphatic rings. The number of allylic oxidation sites excluding steroid dienone is 4. The minimum Gasteiger partial charge on any atom is -0.0762 e. The van der Waals surface area contributed by atoms with Crippen LogP contribution in [0.25, 0.3) is 0 Å². The third-order valence-corrected chi connectivity index (χ3v) is 4.37. The first-order chi connectivity index (χ1) is 7.09. The van der Waals surface area contributed by atoms with Gasteiger partial charge >= 0.3 is 0 Å². The molecule has 0 nitrogen and oxygen atoms in total. The number of rotatable bonds is 1. The molecule has 1 saturated carbocycles. The summed E-state index contributed by atoms with van der Waals surface area (Å²) in [6, 6.07) is 0. The highest BCUT2D eigenvalue weighted by Crippen LogP contribution is 2.48. The highest BCUT2D eigenvalue weighted by molar-refractivity contribution is 5.33. The SMILES string of the molecule is CC(C)=CC1=C(C)CCC2C1CC[C@@H]2C. The molecule has 0 N–H and O–H groups in total. The van der Waals surface area contributed by atoms with E-state index in [2.05, 4.69) is 33.8 Å². The van der Waals surface area contributed by atoms with E-state index in [0.29, 0.717) is 0 Å². The van der Waals surface area contributed by atoms with E-state index in [9.17, 15) is 0 Å². The Balaban J connectivity index is 2.29. The van der Waals surface area contributed by atoms with Gasteiger partial charge < -0.3 is 0 Å². The zero-order valence-corrected chi connectivity index (χ0v) is 10.6. The van der Waals surface area contributed by atoms with Crippen molar-refractivity contribution in [2.24, 2.45) is 17.8 Å². The summed E-state index contributed by atoms with van der Waals surface area (Å²) < 4.78 is 0. The first kappa shape index (κ1) is 11.0. The maximum Gasteiger partial charge on any atom is -0.0131 e. The molecule has 84 valence electrons. The average molecular weight is 204 g/mol. The van der Waals surface area contributed by atoms with Crippen LogP contribution in [0.5, 0.6) is 0 Å². The first-order valence-corrected chi connectivity index (χ1v) is 6.44. The van der Waals surface area contributed by atoms with Gasteiger partial charge in [-0.25, -0.2) is 0 Å². The van der Waals surface area contributed by atoms with Gasteiger partial charge in [-0.3, -0.25) is 0 Å². The molecule has 2 unspecified atom stereocenters. The van der Waals surface area contributed by atoms with Crippen LogP contribution in [0.3, 0.4) is 0 Å². The lowest BCUT2D eigenvalue weighted by molar-refractivity contribution is 0.321. The summed E-state index contributed by atoms with van der Waals surface area (Å²) >= 11 is 0. The van der Waals surface area contributed by atoms with Gasteiger partial charge in [0.2, 0.25) is 0 Å². The van der Waals surface area contributed by atoms with E-state index in [-0.39, 0.29) is 0 Å². The van der Waals surface area contributed by atoms with Crippen molar-refractivity contribution in [2.45, 2.75) is 53.4 Å². The fourth-order valence-corrected chi connectivity index (χ4v) is 3.52. The van der Waals surface area contributed by atoms with Crippen LogP contribution in [-0.4, -0.2) is 0 Å². The number of hydrogen-bond acceptors (Lipinski definition) is 0. The van der Waals surface area contributed by atoms with Crippen LogP contribution in [0.4, 0.5) is 0 Å².